The first-order chi connectivity index (χ1) is 14.7. The molecule has 162 valence electrons. The van der Waals surface area contributed by atoms with Crippen LogP contribution in [-0.2, 0) is 9.53 Å². The second-order valence-electron chi connectivity index (χ2n) is 7.38. The van der Waals surface area contributed by atoms with Crippen molar-refractivity contribution in [3.8, 4) is 0 Å². The lowest BCUT2D eigenvalue weighted by Gasteiger charge is -2.19. The van der Waals surface area contributed by atoms with Crippen LogP contribution in [-0.4, -0.2) is 34.9 Å². The van der Waals surface area contributed by atoms with Gasteiger partial charge in [0.1, 0.15) is 5.60 Å². The minimum Gasteiger partial charge on any atom is -0.444 e. The number of hydrazone groups is 1. The SMILES string of the molecule is CC(C)(C)OC(=O)Nc1ccc(/C=N/NC(=O)c2ccc(/C=C/C(=O)NO)cc2)cc1. The van der Waals surface area contributed by atoms with Crippen LogP contribution in [0.4, 0.5) is 10.5 Å². The van der Waals surface area contributed by atoms with E-state index >= 15 is 0 Å². The predicted molar refractivity (Wildman–Crippen MR) is 117 cm³/mol. The van der Waals surface area contributed by atoms with Gasteiger partial charge in [-0.25, -0.2) is 15.7 Å². The summed E-state index contributed by atoms with van der Waals surface area (Å²) in [6, 6.07) is 13.3. The number of amides is 3. The van der Waals surface area contributed by atoms with E-state index in [9.17, 15) is 14.4 Å². The van der Waals surface area contributed by atoms with Crippen LogP contribution in [0.5, 0.6) is 0 Å². The lowest BCUT2D eigenvalue weighted by molar-refractivity contribution is -0.124. The minimum absolute atomic E-state index is 0.387. The highest BCUT2D eigenvalue weighted by molar-refractivity contribution is 5.95. The Morgan fingerprint density at radius 3 is 2.16 bits per heavy atom. The van der Waals surface area contributed by atoms with Crippen LogP contribution in [0.1, 0.15) is 42.3 Å². The number of rotatable bonds is 6. The molecule has 0 aliphatic carbocycles. The molecule has 2 aromatic carbocycles. The largest absolute Gasteiger partial charge is 0.444 e. The monoisotopic (exact) mass is 424 g/mol. The van der Waals surface area contributed by atoms with Crippen molar-refractivity contribution in [1.82, 2.24) is 10.9 Å². The molecule has 9 heteroatoms. The lowest BCUT2D eigenvalue weighted by Crippen LogP contribution is -2.27. The molecule has 0 fully saturated rings. The van der Waals surface area contributed by atoms with E-state index in [1.165, 1.54) is 17.8 Å². The summed E-state index contributed by atoms with van der Waals surface area (Å²) in [6.45, 7) is 5.35. The first kappa shape index (κ1) is 23.3. The summed E-state index contributed by atoms with van der Waals surface area (Å²) in [4.78, 5) is 34.9. The zero-order valence-electron chi connectivity index (χ0n) is 17.4. The van der Waals surface area contributed by atoms with Gasteiger partial charge in [-0.15, -0.1) is 0 Å². The van der Waals surface area contributed by atoms with E-state index in [1.54, 1.807) is 69.3 Å². The van der Waals surface area contributed by atoms with Crippen molar-refractivity contribution in [2.24, 2.45) is 5.10 Å². The molecule has 0 saturated heterocycles. The molecule has 0 aliphatic rings. The number of nitrogens with one attached hydrogen (secondary N) is 3. The van der Waals surface area contributed by atoms with E-state index in [-0.39, 0.29) is 0 Å². The smallest absolute Gasteiger partial charge is 0.412 e. The van der Waals surface area contributed by atoms with Crippen LogP contribution in [0.15, 0.2) is 59.7 Å². The van der Waals surface area contributed by atoms with Gasteiger partial charge < -0.3 is 4.74 Å². The van der Waals surface area contributed by atoms with Crippen LogP contribution >= 0.6 is 0 Å². The number of benzene rings is 2. The summed E-state index contributed by atoms with van der Waals surface area (Å²) in [6.07, 6.45) is 3.58. The van der Waals surface area contributed by atoms with Crippen molar-refractivity contribution < 1.29 is 24.3 Å². The predicted octanol–water partition coefficient (Wildman–Crippen LogP) is 3.32. The van der Waals surface area contributed by atoms with Crippen LogP contribution < -0.4 is 16.2 Å². The lowest BCUT2D eigenvalue weighted by atomic mass is 10.1. The number of ether oxygens (including phenoxy) is 1. The molecule has 0 aliphatic heterocycles. The topological polar surface area (TPSA) is 129 Å². The highest BCUT2D eigenvalue weighted by Crippen LogP contribution is 2.12. The van der Waals surface area contributed by atoms with Gasteiger partial charge >= 0.3 is 6.09 Å². The summed E-state index contributed by atoms with van der Waals surface area (Å²) in [5, 5.41) is 15.0. The second-order valence-corrected chi connectivity index (χ2v) is 7.38. The van der Waals surface area contributed by atoms with Crippen molar-refractivity contribution >= 4 is 35.9 Å². The second kappa shape index (κ2) is 10.7. The summed E-state index contributed by atoms with van der Waals surface area (Å²) in [5.74, 6) is -1.05. The van der Waals surface area contributed by atoms with Gasteiger partial charge in [0.15, 0.2) is 0 Å². The summed E-state index contributed by atoms with van der Waals surface area (Å²) in [5.41, 5.74) is 5.70. The van der Waals surface area contributed by atoms with E-state index in [0.29, 0.717) is 16.8 Å². The fourth-order valence-electron chi connectivity index (χ4n) is 2.26. The van der Waals surface area contributed by atoms with Crippen molar-refractivity contribution in [3.63, 3.8) is 0 Å². The van der Waals surface area contributed by atoms with Crippen molar-refractivity contribution in [3.05, 3.63) is 71.3 Å². The first-order valence-corrected chi connectivity index (χ1v) is 9.32. The molecular formula is C22H24N4O5. The van der Waals surface area contributed by atoms with Crippen molar-refractivity contribution in [2.75, 3.05) is 5.32 Å². The Morgan fingerprint density at radius 2 is 1.58 bits per heavy atom. The third kappa shape index (κ3) is 8.50. The van der Waals surface area contributed by atoms with E-state index < -0.39 is 23.5 Å². The Kier molecular flexibility index (Phi) is 8.04. The Morgan fingerprint density at radius 1 is 0.968 bits per heavy atom. The molecule has 0 spiro atoms. The molecule has 0 radical (unpaired) electrons. The van der Waals surface area contributed by atoms with Gasteiger partial charge in [-0.2, -0.15) is 5.10 Å². The Hall–Kier alpha value is -3.98. The Balaban J connectivity index is 1.87. The molecular weight excluding hydrogens is 400 g/mol. The molecule has 0 bridgehead atoms. The Labute approximate surface area is 179 Å². The van der Waals surface area contributed by atoms with Crippen LogP contribution in [0.3, 0.4) is 0 Å². The van der Waals surface area contributed by atoms with Gasteiger partial charge in [0.25, 0.3) is 11.8 Å². The zero-order valence-corrected chi connectivity index (χ0v) is 17.4. The van der Waals surface area contributed by atoms with E-state index in [4.69, 9.17) is 9.94 Å². The van der Waals surface area contributed by atoms with Crippen molar-refractivity contribution in [2.45, 2.75) is 26.4 Å². The average molecular weight is 424 g/mol. The van der Waals surface area contributed by atoms with Gasteiger partial charge in [0.05, 0.1) is 6.21 Å². The molecule has 0 heterocycles. The third-order valence-corrected chi connectivity index (χ3v) is 3.65. The van der Waals surface area contributed by atoms with Gasteiger partial charge in [-0.3, -0.25) is 20.1 Å². The maximum absolute atomic E-state index is 12.1. The molecule has 4 N–H and O–H groups in total. The number of hydrogen-bond acceptors (Lipinski definition) is 6. The van der Waals surface area contributed by atoms with Gasteiger partial charge in [0.2, 0.25) is 0 Å². The van der Waals surface area contributed by atoms with E-state index in [0.717, 1.165) is 11.6 Å². The molecule has 31 heavy (non-hydrogen) atoms. The molecule has 0 atom stereocenters. The van der Waals surface area contributed by atoms with E-state index in [2.05, 4.69) is 15.8 Å². The normalized spacial score (nSPS) is 11.4. The van der Waals surface area contributed by atoms with Gasteiger partial charge in [-0.05, 0) is 62.2 Å². The summed E-state index contributed by atoms with van der Waals surface area (Å²) >= 11 is 0. The highest BCUT2D eigenvalue weighted by Gasteiger charge is 2.16. The fraction of sp³-hybridized carbons (Fsp3) is 0.182. The van der Waals surface area contributed by atoms with Gasteiger partial charge in [-0.1, -0.05) is 24.3 Å². The minimum atomic E-state index is -0.648. The highest BCUT2D eigenvalue weighted by atomic mass is 16.6. The van der Waals surface area contributed by atoms with Crippen LogP contribution in [0.2, 0.25) is 0 Å². The standard InChI is InChI=1S/C22H24N4O5/c1-22(2,3)31-21(29)24-18-11-6-16(7-12-18)14-23-25-20(28)17-9-4-15(5-10-17)8-13-19(27)26-30/h4-14,30H,1-3H3,(H,24,29)(H,25,28)(H,26,27)/b13-8+,23-14+. The summed E-state index contributed by atoms with van der Waals surface area (Å²) in [7, 11) is 0. The van der Waals surface area contributed by atoms with E-state index in [1.807, 2.05) is 0 Å². The fourth-order valence-corrected chi connectivity index (χ4v) is 2.26. The number of carbonyl (C=O) groups excluding carboxylic acids is 3. The number of hydrogen-bond donors (Lipinski definition) is 4. The molecule has 0 unspecified atom stereocenters. The number of carbonyl (C=O) groups is 3. The molecule has 2 rings (SSSR count). The zero-order chi connectivity index (χ0) is 22.9. The average Bonchev–Trinajstić information content (AvgIpc) is 2.72. The molecule has 9 nitrogen and oxygen atoms in total. The molecule has 3 amide bonds. The first-order valence-electron chi connectivity index (χ1n) is 9.32. The van der Waals surface area contributed by atoms with Gasteiger partial charge in [0, 0.05) is 17.3 Å². The van der Waals surface area contributed by atoms with Crippen LogP contribution in [0, 0.1) is 0 Å². The molecule has 0 aromatic heterocycles. The van der Waals surface area contributed by atoms with Crippen LogP contribution in [0.25, 0.3) is 6.08 Å². The number of hydroxylamine groups is 1. The number of anilines is 1. The Bertz CT molecular complexity index is 974. The quantitative estimate of drug-likeness (QED) is 0.245. The molecule has 0 saturated carbocycles. The number of nitrogens with zero attached hydrogens (tertiary/aromatic N) is 1. The maximum Gasteiger partial charge on any atom is 0.412 e. The molecule has 2 aromatic rings. The summed E-state index contributed by atoms with van der Waals surface area (Å²) < 4.78 is 5.19. The third-order valence-electron chi connectivity index (χ3n) is 3.65. The van der Waals surface area contributed by atoms with Crippen molar-refractivity contribution in [1.29, 1.82) is 0 Å². The maximum atomic E-state index is 12.1.